The molecule has 1 aliphatic heterocycles. The maximum absolute atomic E-state index is 12.7. The van der Waals surface area contributed by atoms with Crippen LogP contribution in [0, 0.1) is 5.92 Å². The number of likely N-dealkylation sites (tertiary alicyclic amines) is 1. The van der Waals surface area contributed by atoms with Gasteiger partial charge in [-0.3, -0.25) is 4.79 Å². The average molecular weight is 342 g/mol. The molecule has 25 heavy (non-hydrogen) atoms. The van der Waals surface area contributed by atoms with Crippen LogP contribution < -0.4 is 10.2 Å². The molecule has 2 heterocycles. The summed E-state index contributed by atoms with van der Waals surface area (Å²) in [5.41, 5.74) is 1.06. The molecule has 3 rings (SSSR count). The molecule has 1 N–H and O–H groups in total. The molecule has 0 saturated carbocycles. The Hall–Kier alpha value is -2.04. The second-order valence-electron chi connectivity index (χ2n) is 7.38. The van der Waals surface area contributed by atoms with E-state index in [1.165, 1.54) is 0 Å². The van der Waals surface area contributed by atoms with Gasteiger partial charge in [0.05, 0.1) is 11.9 Å². The van der Waals surface area contributed by atoms with Crippen molar-refractivity contribution in [3.05, 3.63) is 30.5 Å². The van der Waals surface area contributed by atoms with E-state index in [1.807, 2.05) is 31.3 Å². The quantitative estimate of drug-likeness (QED) is 0.853. The predicted molar refractivity (Wildman–Crippen MR) is 103 cm³/mol. The van der Waals surface area contributed by atoms with E-state index in [0.29, 0.717) is 11.9 Å². The van der Waals surface area contributed by atoms with Gasteiger partial charge in [0.1, 0.15) is 5.82 Å². The summed E-state index contributed by atoms with van der Waals surface area (Å²) in [6, 6.07) is 4.53. The number of hydrogen-bond acceptors (Lipinski definition) is 4. The van der Waals surface area contributed by atoms with Crippen LogP contribution in [0.5, 0.6) is 0 Å². The number of rotatable bonds is 4. The highest BCUT2D eigenvalue weighted by molar-refractivity contribution is 5.79. The topological polar surface area (TPSA) is 48.5 Å². The molecule has 2 atom stereocenters. The third-order valence-electron chi connectivity index (χ3n) is 5.23. The Morgan fingerprint density at radius 1 is 1.20 bits per heavy atom. The third-order valence-corrected chi connectivity index (χ3v) is 5.23. The van der Waals surface area contributed by atoms with Crippen LogP contribution in [0.1, 0.15) is 38.5 Å². The van der Waals surface area contributed by atoms with Gasteiger partial charge in [0.2, 0.25) is 5.91 Å². The highest BCUT2D eigenvalue weighted by atomic mass is 16.2. The van der Waals surface area contributed by atoms with Crippen LogP contribution in [0.3, 0.4) is 0 Å². The van der Waals surface area contributed by atoms with Gasteiger partial charge in [-0.25, -0.2) is 4.98 Å². The zero-order valence-electron chi connectivity index (χ0n) is 15.4. The first-order valence-corrected chi connectivity index (χ1v) is 9.47. The highest BCUT2D eigenvalue weighted by Crippen LogP contribution is 2.23. The molecule has 2 aliphatic rings. The number of allylic oxidation sites excluding steroid dienone is 2. The highest BCUT2D eigenvalue weighted by Gasteiger charge is 2.26. The molecule has 1 amide bonds. The van der Waals surface area contributed by atoms with Crippen molar-refractivity contribution in [3.63, 3.8) is 0 Å². The molecule has 1 aromatic rings. The third kappa shape index (κ3) is 4.74. The summed E-state index contributed by atoms with van der Waals surface area (Å²) in [4.78, 5) is 21.3. The van der Waals surface area contributed by atoms with E-state index in [2.05, 4.69) is 33.4 Å². The number of carbonyl (C=O) groups is 1. The van der Waals surface area contributed by atoms with Gasteiger partial charge in [-0.15, -0.1) is 0 Å². The fraction of sp³-hybridized carbons (Fsp3) is 0.600. The van der Waals surface area contributed by atoms with E-state index in [0.717, 1.165) is 63.1 Å². The number of aromatic nitrogens is 1. The lowest BCUT2D eigenvalue weighted by Crippen LogP contribution is -2.37. The first-order valence-electron chi connectivity index (χ1n) is 9.47. The van der Waals surface area contributed by atoms with Crippen molar-refractivity contribution in [2.45, 2.75) is 44.6 Å². The van der Waals surface area contributed by atoms with Crippen molar-refractivity contribution >= 4 is 17.4 Å². The van der Waals surface area contributed by atoms with E-state index in [-0.39, 0.29) is 5.92 Å². The van der Waals surface area contributed by atoms with Gasteiger partial charge >= 0.3 is 0 Å². The number of amides is 1. The Morgan fingerprint density at radius 3 is 2.76 bits per heavy atom. The number of pyridine rings is 1. The fourth-order valence-electron chi connectivity index (χ4n) is 3.71. The second-order valence-corrected chi connectivity index (χ2v) is 7.38. The van der Waals surface area contributed by atoms with Crippen LogP contribution in [0.4, 0.5) is 11.5 Å². The van der Waals surface area contributed by atoms with Crippen LogP contribution in [-0.2, 0) is 4.79 Å². The predicted octanol–water partition coefficient (Wildman–Crippen LogP) is 3.30. The van der Waals surface area contributed by atoms with Gasteiger partial charge in [-0.2, -0.15) is 0 Å². The van der Waals surface area contributed by atoms with Crippen molar-refractivity contribution in [1.82, 2.24) is 9.88 Å². The zero-order chi connectivity index (χ0) is 17.6. The summed E-state index contributed by atoms with van der Waals surface area (Å²) >= 11 is 0. The Morgan fingerprint density at radius 2 is 2.08 bits per heavy atom. The van der Waals surface area contributed by atoms with Gasteiger partial charge in [0, 0.05) is 39.1 Å². The Kier molecular flexibility index (Phi) is 5.95. The SMILES string of the molecule is CN(C)c1ccc(N[C@H]2CCCN(C(=O)[C@@H]3CC=CCC3)CC2)cn1. The van der Waals surface area contributed by atoms with E-state index in [1.54, 1.807) is 0 Å². The molecule has 1 fully saturated rings. The number of hydrogen-bond donors (Lipinski definition) is 1. The number of anilines is 2. The van der Waals surface area contributed by atoms with Crippen molar-refractivity contribution in [2.24, 2.45) is 5.92 Å². The van der Waals surface area contributed by atoms with Crippen molar-refractivity contribution in [3.8, 4) is 0 Å². The van der Waals surface area contributed by atoms with Crippen LogP contribution in [-0.4, -0.2) is 49.0 Å². The van der Waals surface area contributed by atoms with Crippen LogP contribution in [0.25, 0.3) is 0 Å². The number of nitrogens with zero attached hydrogens (tertiary/aromatic N) is 3. The van der Waals surface area contributed by atoms with Crippen LogP contribution in [0.2, 0.25) is 0 Å². The standard InChI is InChI=1S/C20H30N4O/c1-23(2)19-11-10-18(15-21-19)22-17-9-6-13-24(14-12-17)20(25)16-7-4-3-5-8-16/h3-4,10-11,15-17,22H,5-9,12-14H2,1-2H3/t16-,17+/m1/s1. The van der Waals surface area contributed by atoms with E-state index in [4.69, 9.17) is 0 Å². The summed E-state index contributed by atoms with van der Waals surface area (Å²) in [5.74, 6) is 1.53. The molecule has 136 valence electrons. The molecular weight excluding hydrogens is 312 g/mol. The minimum absolute atomic E-state index is 0.206. The molecule has 1 aromatic heterocycles. The van der Waals surface area contributed by atoms with Crippen LogP contribution in [0.15, 0.2) is 30.5 Å². The van der Waals surface area contributed by atoms with Crippen molar-refractivity contribution in [2.75, 3.05) is 37.4 Å². The summed E-state index contributed by atoms with van der Waals surface area (Å²) in [5, 5.41) is 3.60. The zero-order valence-corrected chi connectivity index (χ0v) is 15.4. The Balaban J connectivity index is 1.52. The normalized spacial score (nSPS) is 23.8. The maximum atomic E-state index is 12.7. The monoisotopic (exact) mass is 342 g/mol. The molecule has 5 heteroatoms. The molecule has 0 bridgehead atoms. The molecule has 0 radical (unpaired) electrons. The molecule has 0 spiro atoms. The van der Waals surface area contributed by atoms with Gasteiger partial charge in [0.15, 0.2) is 0 Å². The second kappa shape index (κ2) is 8.37. The summed E-state index contributed by atoms with van der Waals surface area (Å²) in [6.07, 6.45) is 12.4. The molecule has 0 aromatic carbocycles. The van der Waals surface area contributed by atoms with Gasteiger partial charge in [-0.05, 0) is 50.7 Å². The van der Waals surface area contributed by atoms with E-state index < -0.39 is 0 Å². The van der Waals surface area contributed by atoms with Gasteiger partial charge < -0.3 is 15.1 Å². The van der Waals surface area contributed by atoms with E-state index >= 15 is 0 Å². The largest absolute Gasteiger partial charge is 0.381 e. The fourth-order valence-corrected chi connectivity index (χ4v) is 3.71. The summed E-state index contributed by atoms with van der Waals surface area (Å²) < 4.78 is 0. The lowest BCUT2D eigenvalue weighted by atomic mass is 9.93. The molecule has 0 unspecified atom stereocenters. The van der Waals surface area contributed by atoms with Gasteiger partial charge in [-0.1, -0.05) is 12.2 Å². The number of nitrogens with one attached hydrogen (secondary N) is 1. The molecule has 5 nitrogen and oxygen atoms in total. The molecule has 1 aliphatic carbocycles. The number of carbonyl (C=O) groups excluding carboxylic acids is 1. The van der Waals surface area contributed by atoms with Gasteiger partial charge in [0.25, 0.3) is 0 Å². The lowest BCUT2D eigenvalue weighted by molar-refractivity contribution is -0.135. The summed E-state index contributed by atoms with van der Waals surface area (Å²) in [7, 11) is 3.99. The smallest absolute Gasteiger partial charge is 0.226 e. The first kappa shape index (κ1) is 17.8. The molecule has 1 saturated heterocycles. The summed E-state index contributed by atoms with van der Waals surface area (Å²) in [6.45, 7) is 1.76. The molecular formula is C20H30N4O. The Bertz CT molecular complexity index is 596. The van der Waals surface area contributed by atoms with Crippen molar-refractivity contribution < 1.29 is 4.79 Å². The minimum Gasteiger partial charge on any atom is -0.381 e. The Labute approximate surface area is 151 Å². The average Bonchev–Trinajstić information content (AvgIpc) is 2.88. The van der Waals surface area contributed by atoms with Crippen LogP contribution >= 0.6 is 0 Å². The first-order chi connectivity index (χ1) is 12.1. The lowest BCUT2D eigenvalue weighted by Gasteiger charge is -2.27. The van der Waals surface area contributed by atoms with Crippen molar-refractivity contribution in [1.29, 1.82) is 0 Å². The maximum Gasteiger partial charge on any atom is 0.226 e. The van der Waals surface area contributed by atoms with E-state index in [9.17, 15) is 4.79 Å². The minimum atomic E-state index is 0.206.